The average molecular weight is 284 g/mol. The van der Waals surface area contributed by atoms with Crippen LogP contribution < -0.4 is 5.32 Å². The zero-order valence-corrected chi connectivity index (χ0v) is 10.9. The maximum atomic E-state index is 11.7. The molecule has 2 heterocycles. The molecule has 0 aromatic carbocycles. The molecule has 1 saturated heterocycles. The Labute approximate surface area is 103 Å². The van der Waals surface area contributed by atoms with Crippen molar-refractivity contribution in [1.29, 1.82) is 0 Å². The summed E-state index contributed by atoms with van der Waals surface area (Å²) in [6.07, 6.45) is 2.62. The van der Waals surface area contributed by atoms with E-state index in [4.69, 9.17) is 0 Å². The van der Waals surface area contributed by atoms with E-state index in [1.54, 1.807) is 11.1 Å². The molecule has 1 aliphatic rings. The number of anilines is 1. The number of aryl methyl sites for hydroxylation is 1. The molecule has 1 fully saturated rings. The second kappa shape index (κ2) is 4.41. The highest BCUT2D eigenvalue weighted by Crippen LogP contribution is 2.23. The Hall–Kier alpha value is -1.10. The first-order valence-electron chi connectivity index (χ1n) is 5.21. The molecule has 1 amide bonds. The molecule has 4 nitrogen and oxygen atoms in total. The van der Waals surface area contributed by atoms with Gasteiger partial charge in [0.05, 0.1) is 4.47 Å². The van der Waals surface area contributed by atoms with Crippen molar-refractivity contribution in [3.8, 4) is 0 Å². The molecule has 0 radical (unpaired) electrons. The van der Waals surface area contributed by atoms with Gasteiger partial charge < -0.3 is 10.2 Å². The predicted molar refractivity (Wildman–Crippen MR) is 66.3 cm³/mol. The van der Waals surface area contributed by atoms with Crippen LogP contribution in [0.2, 0.25) is 0 Å². The number of carbonyl (C=O) groups is 1. The van der Waals surface area contributed by atoms with Crippen molar-refractivity contribution >= 4 is 27.7 Å². The number of aromatic nitrogens is 1. The van der Waals surface area contributed by atoms with Gasteiger partial charge in [0.2, 0.25) is 5.91 Å². The van der Waals surface area contributed by atoms with Crippen molar-refractivity contribution in [3.05, 3.63) is 22.3 Å². The summed E-state index contributed by atoms with van der Waals surface area (Å²) in [6, 6.07) is 1.84. The first-order chi connectivity index (χ1) is 7.58. The van der Waals surface area contributed by atoms with E-state index in [1.165, 1.54) is 0 Å². The molecule has 0 spiro atoms. The number of hydrogen-bond acceptors (Lipinski definition) is 3. The number of hydrogen-bond donors (Lipinski definition) is 1. The number of nitrogens with zero attached hydrogens (tertiary/aromatic N) is 2. The lowest BCUT2D eigenvalue weighted by Gasteiger charge is -2.13. The maximum absolute atomic E-state index is 11.7. The molecule has 1 unspecified atom stereocenters. The Morgan fingerprint density at radius 1 is 1.62 bits per heavy atom. The van der Waals surface area contributed by atoms with Gasteiger partial charge in [-0.25, -0.2) is 4.98 Å². The third kappa shape index (κ3) is 2.19. The monoisotopic (exact) mass is 283 g/mol. The zero-order chi connectivity index (χ0) is 11.7. The Balaban J connectivity index is 2.12. The molecule has 1 N–H and O–H groups in total. The Morgan fingerprint density at radius 2 is 2.38 bits per heavy atom. The number of likely N-dealkylation sites (N-methyl/N-ethyl adjacent to an activating group) is 1. The van der Waals surface area contributed by atoms with Crippen LogP contribution >= 0.6 is 15.9 Å². The van der Waals surface area contributed by atoms with Crippen molar-refractivity contribution in [2.24, 2.45) is 0 Å². The van der Waals surface area contributed by atoms with Crippen LogP contribution in [0.1, 0.15) is 12.0 Å². The second-order valence-electron chi connectivity index (χ2n) is 4.09. The van der Waals surface area contributed by atoms with Gasteiger partial charge in [-0.1, -0.05) is 0 Å². The summed E-state index contributed by atoms with van der Waals surface area (Å²) in [5, 5.41) is 3.17. The summed E-state index contributed by atoms with van der Waals surface area (Å²) in [7, 11) is 1.82. The van der Waals surface area contributed by atoms with Crippen molar-refractivity contribution in [1.82, 2.24) is 9.88 Å². The molecule has 1 aromatic rings. The van der Waals surface area contributed by atoms with Crippen LogP contribution in [0.3, 0.4) is 0 Å². The van der Waals surface area contributed by atoms with E-state index in [-0.39, 0.29) is 11.9 Å². The van der Waals surface area contributed by atoms with E-state index in [0.29, 0.717) is 0 Å². The van der Waals surface area contributed by atoms with E-state index in [0.717, 1.165) is 28.8 Å². The van der Waals surface area contributed by atoms with Gasteiger partial charge in [-0.15, -0.1) is 0 Å². The minimum atomic E-state index is -0.142. The number of pyridine rings is 1. The summed E-state index contributed by atoms with van der Waals surface area (Å²) < 4.78 is 0.898. The molecule has 0 bridgehead atoms. The van der Waals surface area contributed by atoms with Crippen LogP contribution in [-0.4, -0.2) is 35.4 Å². The summed E-state index contributed by atoms with van der Waals surface area (Å²) in [5.41, 5.74) is 1.09. The van der Waals surface area contributed by atoms with E-state index < -0.39 is 0 Å². The Kier molecular flexibility index (Phi) is 3.14. The molecule has 0 saturated carbocycles. The number of rotatable bonds is 2. The number of likely N-dealkylation sites (tertiary alicyclic amines) is 1. The van der Waals surface area contributed by atoms with Gasteiger partial charge in [0, 0.05) is 19.8 Å². The van der Waals surface area contributed by atoms with Gasteiger partial charge in [0.15, 0.2) is 0 Å². The molecule has 1 aromatic heterocycles. The van der Waals surface area contributed by atoms with E-state index in [9.17, 15) is 4.79 Å². The average Bonchev–Trinajstić information content (AvgIpc) is 2.54. The number of nitrogens with one attached hydrogen (secondary N) is 1. The number of carbonyl (C=O) groups excluding carboxylic acids is 1. The van der Waals surface area contributed by atoms with Crippen molar-refractivity contribution < 1.29 is 4.79 Å². The maximum Gasteiger partial charge on any atom is 0.244 e. The second-order valence-corrected chi connectivity index (χ2v) is 4.94. The van der Waals surface area contributed by atoms with E-state index in [1.807, 2.05) is 20.0 Å². The van der Waals surface area contributed by atoms with Gasteiger partial charge in [-0.2, -0.15) is 0 Å². The smallest absolute Gasteiger partial charge is 0.244 e. The third-order valence-corrected chi connectivity index (χ3v) is 3.32. The largest absolute Gasteiger partial charge is 0.357 e. The zero-order valence-electron chi connectivity index (χ0n) is 9.33. The summed E-state index contributed by atoms with van der Waals surface area (Å²) in [5.74, 6) is 0.869. The quantitative estimate of drug-likeness (QED) is 0.900. The molecule has 5 heteroatoms. The van der Waals surface area contributed by atoms with Gasteiger partial charge >= 0.3 is 0 Å². The SMILES string of the molecule is Cc1cnc(NC2CCN(C)C2=O)c(Br)c1. The molecule has 2 rings (SSSR count). The van der Waals surface area contributed by atoms with Crippen molar-refractivity contribution in [2.45, 2.75) is 19.4 Å². The Morgan fingerprint density at radius 3 is 2.94 bits per heavy atom. The molecule has 1 aliphatic heterocycles. The lowest BCUT2D eigenvalue weighted by molar-refractivity contribution is -0.127. The van der Waals surface area contributed by atoms with E-state index in [2.05, 4.69) is 26.2 Å². The first-order valence-corrected chi connectivity index (χ1v) is 6.01. The topological polar surface area (TPSA) is 45.2 Å². The van der Waals surface area contributed by atoms with Crippen LogP contribution in [0.25, 0.3) is 0 Å². The standard InChI is InChI=1S/C11H14BrN3O/c1-7-5-8(12)10(13-6-7)14-9-3-4-15(2)11(9)16/h5-6,9H,3-4H2,1-2H3,(H,13,14). The minimum Gasteiger partial charge on any atom is -0.357 e. The lowest BCUT2D eigenvalue weighted by atomic mass is 10.2. The highest BCUT2D eigenvalue weighted by Gasteiger charge is 2.29. The summed E-state index contributed by atoms with van der Waals surface area (Å²) in [4.78, 5) is 17.7. The number of amides is 1. The highest BCUT2D eigenvalue weighted by atomic mass is 79.9. The molecule has 0 aliphatic carbocycles. The van der Waals surface area contributed by atoms with Gasteiger partial charge in [-0.3, -0.25) is 4.79 Å². The van der Waals surface area contributed by atoms with Crippen LogP contribution in [0.4, 0.5) is 5.82 Å². The minimum absolute atomic E-state index is 0.134. The van der Waals surface area contributed by atoms with Crippen LogP contribution in [0.5, 0.6) is 0 Å². The molecule has 86 valence electrons. The van der Waals surface area contributed by atoms with Crippen molar-refractivity contribution in [3.63, 3.8) is 0 Å². The normalized spacial score (nSPS) is 20.3. The van der Waals surface area contributed by atoms with Crippen molar-refractivity contribution in [2.75, 3.05) is 18.9 Å². The van der Waals surface area contributed by atoms with E-state index >= 15 is 0 Å². The fourth-order valence-electron chi connectivity index (χ4n) is 1.76. The lowest BCUT2D eigenvalue weighted by Crippen LogP contribution is -2.31. The fraction of sp³-hybridized carbons (Fsp3) is 0.455. The molecule has 1 atom stereocenters. The van der Waals surface area contributed by atoms with Crippen LogP contribution in [-0.2, 0) is 4.79 Å². The highest BCUT2D eigenvalue weighted by molar-refractivity contribution is 9.10. The van der Waals surface area contributed by atoms with Crippen LogP contribution in [0.15, 0.2) is 16.7 Å². The first kappa shape index (κ1) is 11.4. The molecular formula is C11H14BrN3O. The molecular weight excluding hydrogens is 270 g/mol. The fourth-order valence-corrected chi connectivity index (χ4v) is 2.34. The molecule has 16 heavy (non-hydrogen) atoms. The predicted octanol–water partition coefficient (Wildman–Crippen LogP) is 1.80. The summed E-state index contributed by atoms with van der Waals surface area (Å²) >= 11 is 3.44. The van der Waals surface area contributed by atoms with Gasteiger partial charge in [0.25, 0.3) is 0 Å². The Bertz CT molecular complexity index is 422. The third-order valence-electron chi connectivity index (χ3n) is 2.72. The number of halogens is 1. The summed E-state index contributed by atoms with van der Waals surface area (Å²) in [6.45, 7) is 2.79. The van der Waals surface area contributed by atoms with Gasteiger partial charge in [-0.05, 0) is 40.9 Å². The van der Waals surface area contributed by atoms with Gasteiger partial charge in [0.1, 0.15) is 11.9 Å². The van der Waals surface area contributed by atoms with Crippen LogP contribution in [0, 0.1) is 6.92 Å².